The summed E-state index contributed by atoms with van der Waals surface area (Å²) in [5, 5.41) is 9.82. The van der Waals surface area contributed by atoms with Crippen molar-refractivity contribution in [3.05, 3.63) is 24.6 Å². The van der Waals surface area contributed by atoms with Gasteiger partial charge in [0, 0.05) is 25.6 Å². The molecule has 0 amide bonds. The Morgan fingerprint density at radius 1 is 1.12 bits per heavy atom. The van der Waals surface area contributed by atoms with Gasteiger partial charge in [-0.1, -0.05) is 5.16 Å². The molecule has 0 saturated carbocycles. The van der Waals surface area contributed by atoms with Gasteiger partial charge in [-0.05, 0) is 6.92 Å². The molecule has 0 saturated heterocycles. The third kappa shape index (κ3) is 3.40. The van der Waals surface area contributed by atoms with E-state index in [0.717, 1.165) is 18.2 Å². The van der Waals surface area contributed by atoms with Crippen molar-refractivity contribution >= 4 is 11.6 Å². The van der Waals surface area contributed by atoms with Gasteiger partial charge in [-0.25, -0.2) is 9.97 Å². The fourth-order valence-corrected chi connectivity index (χ4v) is 1.34. The van der Waals surface area contributed by atoms with Crippen LogP contribution in [0.2, 0.25) is 0 Å². The third-order valence-electron chi connectivity index (χ3n) is 2.08. The molecule has 0 aliphatic carbocycles. The number of aromatic nitrogens is 4. The van der Waals surface area contributed by atoms with E-state index in [0.29, 0.717) is 18.9 Å². The van der Waals surface area contributed by atoms with Crippen molar-refractivity contribution < 1.29 is 4.52 Å². The molecule has 2 aromatic rings. The SMILES string of the molecule is CCNc1cc(NCCc2ncno2)ncn1. The van der Waals surface area contributed by atoms with E-state index < -0.39 is 0 Å². The van der Waals surface area contributed by atoms with E-state index in [1.165, 1.54) is 12.7 Å². The van der Waals surface area contributed by atoms with Gasteiger partial charge in [0.25, 0.3) is 0 Å². The van der Waals surface area contributed by atoms with Gasteiger partial charge < -0.3 is 15.2 Å². The molecule has 90 valence electrons. The van der Waals surface area contributed by atoms with Gasteiger partial charge in [0.15, 0.2) is 6.33 Å². The van der Waals surface area contributed by atoms with Crippen LogP contribution >= 0.6 is 0 Å². The van der Waals surface area contributed by atoms with Crippen LogP contribution in [0.4, 0.5) is 11.6 Å². The molecule has 7 heteroatoms. The van der Waals surface area contributed by atoms with Crippen molar-refractivity contribution in [1.29, 1.82) is 0 Å². The summed E-state index contributed by atoms with van der Waals surface area (Å²) in [6.07, 6.45) is 3.58. The van der Waals surface area contributed by atoms with Crippen molar-refractivity contribution in [2.24, 2.45) is 0 Å². The molecule has 0 radical (unpaired) electrons. The smallest absolute Gasteiger partial charge is 0.228 e. The number of nitrogens with one attached hydrogen (secondary N) is 2. The minimum atomic E-state index is 0.610. The van der Waals surface area contributed by atoms with Crippen LogP contribution in [-0.4, -0.2) is 33.2 Å². The van der Waals surface area contributed by atoms with Crippen LogP contribution in [0.15, 0.2) is 23.2 Å². The predicted molar refractivity (Wildman–Crippen MR) is 62.7 cm³/mol. The van der Waals surface area contributed by atoms with Crippen LogP contribution in [-0.2, 0) is 6.42 Å². The van der Waals surface area contributed by atoms with Crippen molar-refractivity contribution in [3.8, 4) is 0 Å². The maximum atomic E-state index is 4.89. The Morgan fingerprint density at radius 3 is 2.65 bits per heavy atom. The van der Waals surface area contributed by atoms with Gasteiger partial charge >= 0.3 is 0 Å². The molecule has 7 nitrogen and oxygen atoms in total. The van der Waals surface area contributed by atoms with E-state index in [1.54, 1.807) is 0 Å². The molecule has 0 aromatic carbocycles. The van der Waals surface area contributed by atoms with Crippen LogP contribution in [0.5, 0.6) is 0 Å². The average Bonchev–Trinajstić information content (AvgIpc) is 2.83. The summed E-state index contributed by atoms with van der Waals surface area (Å²) >= 11 is 0. The van der Waals surface area contributed by atoms with Crippen molar-refractivity contribution in [2.75, 3.05) is 23.7 Å². The van der Waals surface area contributed by atoms with Crippen molar-refractivity contribution in [3.63, 3.8) is 0 Å². The Morgan fingerprint density at radius 2 is 1.94 bits per heavy atom. The highest BCUT2D eigenvalue weighted by molar-refractivity contribution is 5.46. The molecule has 2 aromatic heterocycles. The molecule has 0 unspecified atom stereocenters. The standard InChI is InChI=1S/C10H14N6O/c1-2-11-8-5-9(14-6-13-8)12-4-3-10-15-7-16-17-10/h5-7H,2-4H2,1H3,(H2,11,12,13,14). The molecule has 0 aliphatic rings. The first-order chi connectivity index (χ1) is 8.38. The second kappa shape index (κ2) is 5.78. The Hall–Kier alpha value is -2.18. The summed E-state index contributed by atoms with van der Waals surface area (Å²) in [6, 6.07) is 1.86. The summed E-state index contributed by atoms with van der Waals surface area (Å²) in [4.78, 5) is 12.1. The molecule has 0 aliphatic heterocycles. The van der Waals surface area contributed by atoms with Gasteiger partial charge in [0.1, 0.15) is 18.0 Å². The zero-order valence-corrected chi connectivity index (χ0v) is 9.55. The minimum absolute atomic E-state index is 0.610. The van der Waals surface area contributed by atoms with E-state index in [2.05, 4.69) is 30.7 Å². The van der Waals surface area contributed by atoms with Crippen LogP contribution in [0.1, 0.15) is 12.8 Å². The molecule has 2 rings (SSSR count). The molecule has 2 N–H and O–H groups in total. The number of hydrogen-bond acceptors (Lipinski definition) is 7. The van der Waals surface area contributed by atoms with Crippen LogP contribution in [0.3, 0.4) is 0 Å². The van der Waals surface area contributed by atoms with Crippen LogP contribution in [0.25, 0.3) is 0 Å². The number of nitrogens with zero attached hydrogens (tertiary/aromatic N) is 4. The Kier molecular flexibility index (Phi) is 3.85. The lowest BCUT2D eigenvalue weighted by atomic mass is 10.4. The Labute approximate surface area is 98.7 Å². The van der Waals surface area contributed by atoms with Gasteiger partial charge in [0.2, 0.25) is 5.89 Å². The van der Waals surface area contributed by atoms with E-state index in [-0.39, 0.29) is 0 Å². The van der Waals surface area contributed by atoms with E-state index in [1.807, 2.05) is 13.0 Å². The first kappa shape index (κ1) is 11.3. The Balaban J connectivity index is 1.84. The van der Waals surface area contributed by atoms with Gasteiger partial charge in [0.05, 0.1) is 0 Å². The topological polar surface area (TPSA) is 88.8 Å². The van der Waals surface area contributed by atoms with E-state index >= 15 is 0 Å². The van der Waals surface area contributed by atoms with Gasteiger partial charge in [-0.3, -0.25) is 0 Å². The third-order valence-corrected chi connectivity index (χ3v) is 2.08. The Bertz CT molecular complexity index is 444. The number of hydrogen-bond donors (Lipinski definition) is 2. The van der Waals surface area contributed by atoms with Crippen LogP contribution in [0, 0.1) is 0 Å². The summed E-state index contributed by atoms with van der Waals surface area (Å²) in [6.45, 7) is 3.54. The maximum absolute atomic E-state index is 4.89. The molecule has 0 fully saturated rings. The molecule has 17 heavy (non-hydrogen) atoms. The molecule has 2 heterocycles. The van der Waals surface area contributed by atoms with Crippen LogP contribution < -0.4 is 10.6 Å². The molecular formula is C10H14N6O. The summed E-state index contributed by atoms with van der Waals surface area (Å²) in [5.74, 6) is 2.19. The van der Waals surface area contributed by atoms with Crippen molar-refractivity contribution in [2.45, 2.75) is 13.3 Å². The van der Waals surface area contributed by atoms with Gasteiger partial charge in [-0.2, -0.15) is 4.98 Å². The van der Waals surface area contributed by atoms with E-state index in [4.69, 9.17) is 4.52 Å². The molecule has 0 bridgehead atoms. The lowest BCUT2D eigenvalue weighted by Gasteiger charge is -2.06. The molecule has 0 atom stereocenters. The minimum Gasteiger partial charge on any atom is -0.370 e. The lowest BCUT2D eigenvalue weighted by Crippen LogP contribution is -2.08. The fourth-order valence-electron chi connectivity index (χ4n) is 1.34. The molecular weight excluding hydrogens is 220 g/mol. The molecule has 0 spiro atoms. The van der Waals surface area contributed by atoms with Crippen molar-refractivity contribution in [1.82, 2.24) is 20.1 Å². The fraction of sp³-hybridized carbons (Fsp3) is 0.400. The highest BCUT2D eigenvalue weighted by atomic mass is 16.5. The zero-order valence-electron chi connectivity index (χ0n) is 9.55. The summed E-state index contributed by atoms with van der Waals surface area (Å²) < 4.78 is 4.89. The first-order valence-corrected chi connectivity index (χ1v) is 5.44. The average molecular weight is 234 g/mol. The second-order valence-corrected chi connectivity index (χ2v) is 3.33. The second-order valence-electron chi connectivity index (χ2n) is 3.33. The summed E-state index contributed by atoms with van der Waals surface area (Å²) in [5.41, 5.74) is 0. The zero-order chi connectivity index (χ0) is 11.9. The number of anilines is 2. The highest BCUT2D eigenvalue weighted by Gasteiger charge is 2.00. The maximum Gasteiger partial charge on any atom is 0.228 e. The summed E-state index contributed by atoms with van der Waals surface area (Å²) in [7, 11) is 0. The quantitative estimate of drug-likeness (QED) is 0.769. The highest BCUT2D eigenvalue weighted by Crippen LogP contribution is 2.08. The van der Waals surface area contributed by atoms with Gasteiger partial charge in [-0.15, -0.1) is 0 Å². The predicted octanol–water partition coefficient (Wildman–Crippen LogP) is 0.946. The largest absolute Gasteiger partial charge is 0.370 e. The normalized spacial score (nSPS) is 10.2. The lowest BCUT2D eigenvalue weighted by molar-refractivity contribution is 0.379. The van der Waals surface area contributed by atoms with E-state index in [9.17, 15) is 0 Å². The monoisotopic (exact) mass is 234 g/mol. The first-order valence-electron chi connectivity index (χ1n) is 5.44. The number of rotatable bonds is 6.